The minimum absolute atomic E-state index is 0.0201. The van der Waals surface area contributed by atoms with E-state index in [1.165, 1.54) is 7.11 Å². The second kappa shape index (κ2) is 5.83. The second-order valence-corrected chi connectivity index (χ2v) is 3.84. The van der Waals surface area contributed by atoms with Gasteiger partial charge in [-0.1, -0.05) is 30.0 Å². The molecule has 2 rings (SSSR count). The number of ether oxygens (including phenoxy) is 2. The van der Waals surface area contributed by atoms with Crippen LogP contribution in [0.25, 0.3) is 0 Å². The van der Waals surface area contributed by atoms with Crippen molar-refractivity contribution in [2.45, 2.75) is 0 Å². The summed E-state index contributed by atoms with van der Waals surface area (Å²) in [4.78, 5) is 0. The van der Waals surface area contributed by atoms with Crippen LogP contribution in [0, 0.1) is 11.8 Å². The van der Waals surface area contributed by atoms with Gasteiger partial charge in [-0.25, -0.2) is 0 Å². The molecule has 0 saturated heterocycles. The van der Waals surface area contributed by atoms with Gasteiger partial charge in [0.05, 0.1) is 19.8 Å². The van der Waals surface area contributed by atoms with Crippen LogP contribution >= 0.6 is 0 Å². The molecule has 0 amide bonds. The molecule has 0 aromatic heterocycles. The number of hydrogen-bond donors (Lipinski definition) is 1. The predicted molar refractivity (Wildman–Crippen MR) is 73.6 cm³/mol. The van der Waals surface area contributed by atoms with E-state index in [0.29, 0.717) is 17.1 Å². The van der Waals surface area contributed by atoms with Crippen molar-refractivity contribution in [1.82, 2.24) is 0 Å². The number of rotatable bonds is 2. The van der Waals surface area contributed by atoms with E-state index in [4.69, 9.17) is 9.47 Å². The Morgan fingerprint density at radius 3 is 2.32 bits per heavy atom. The van der Waals surface area contributed by atoms with Crippen LogP contribution in [-0.2, 0) is 0 Å². The second-order valence-electron chi connectivity index (χ2n) is 3.84. The summed E-state index contributed by atoms with van der Waals surface area (Å²) in [5.41, 5.74) is 1.35. The highest BCUT2D eigenvalue weighted by Gasteiger charge is 2.09. The van der Waals surface area contributed by atoms with Gasteiger partial charge in [0.25, 0.3) is 0 Å². The first-order valence-electron chi connectivity index (χ1n) is 5.76. The topological polar surface area (TPSA) is 38.7 Å². The van der Waals surface area contributed by atoms with Gasteiger partial charge in [0.15, 0.2) is 11.5 Å². The van der Waals surface area contributed by atoms with Crippen LogP contribution in [0.4, 0.5) is 0 Å². The lowest BCUT2D eigenvalue weighted by Gasteiger charge is -2.07. The van der Waals surface area contributed by atoms with Gasteiger partial charge in [0, 0.05) is 11.6 Å². The van der Waals surface area contributed by atoms with Crippen LogP contribution in [0.15, 0.2) is 42.5 Å². The van der Waals surface area contributed by atoms with Crippen LogP contribution < -0.4 is 9.47 Å². The van der Waals surface area contributed by atoms with Gasteiger partial charge in [-0.3, -0.25) is 0 Å². The molecule has 0 spiro atoms. The maximum absolute atomic E-state index is 10.0. The fourth-order valence-electron chi connectivity index (χ4n) is 1.61. The number of benzene rings is 2. The van der Waals surface area contributed by atoms with E-state index in [2.05, 4.69) is 11.8 Å². The molecule has 1 N–H and O–H groups in total. The van der Waals surface area contributed by atoms with E-state index >= 15 is 0 Å². The average Bonchev–Trinajstić information content (AvgIpc) is 2.47. The van der Waals surface area contributed by atoms with Crippen molar-refractivity contribution >= 4 is 0 Å². The first kappa shape index (κ1) is 12.8. The number of phenols is 1. The summed E-state index contributed by atoms with van der Waals surface area (Å²) in [6, 6.07) is 12.9. The van der Waals surface area contributed by atoms with E-state index in [1.54, 1.807) is 19.2 Å². The number of hydrogen-bond acceptors (Lipinski definition) is 3. The Labute approximate surface area is 112 Å². The highest BCUT2D eigenvalue weighted by molar-refractivity contribution is 5.58. The standard InChI is InChI=1S/C16H14O3/c1-18-14-10-13(16(17)15(11-14)19-2)9-8-12-6-4-3-5-7-12/h3-7,10-11,17H,1-2H3. The van der Waals surface area contributed by atoms with E-state index in [9.17, 15) is 5.11 Å². The lowest BCUT2D eigenvalue weighted by Crippen LogP contribution is -1.90. The smallest absolute Gasteiger partial charge is 0.173 e. The van der Waals surface area contributed by atoms with Crippen LogP contribution in [-0.4, -0.2) is 19.3 Å². The SMILES string of the molecule is COc1cc(C#Cc2ccccc2)c(O)c(OC)c1. The predicted octanol–water partition coefficient (Wildman–Crippen LogP) is 2.81. The Bertz CT molecular complexity index is 622. The first-order chi connectivity index (χ1) is 9.24. The maximum Gasteiger partial charge on any atom is 0.173 e. The van der Waals surface area contributed by atoms with Crippen molar-refractivity contribution in [3.8, 4) is 29.1 Å². The third kappa shape index (κ3) is 2.99. The summed E-state index contributed by atoms with van der Waals surface area (Å²) in [5, 5.41) is 10.0. The first-order valence-corrected chi connectivity index (χ1v) is 5.76. The van der Waals surface area contributed by atoms with Gasteiger partial charge in [0.1, 0.15) is 5.75 Å². The van der Waals surface area contributed by atoms with Gasteiger partial charge in [-0.05, 0) is 18.2 Å². The van der Waals surface area contributed by atoms with Crippen molar-refractivity contribution in [2.75, 3.05) is 14.2 Å². The summed E-state index contributed by atoms with van der Waals surface area (Å²) in [5.74, 6) is 6.86. The van der Waals surface area contributed by atoms with Crippen LogP contribution in [0.2, 0.25) is 0 Å². The van der Waals surface area contributed by atoms with Gasteiger partial charge >= 0.3 is 0 Å². The van der Waals surface area contributed by atoms with E-state index in [1.807, 2.05) is 30.3 Å². The largest absolute Gasteiger partial charge is 0.503 e. The molecule has 19 heavy (non-hydrogen) atoms. The third-order valence-electron chi connectivity index (χ3n) is 2.62. The molecule has 0 bridgehead atoms. The van der Waals surface area contributed by atoms with Crippen molar-refractivity contribution in [2.24, 2.45) is 0 Å². The van der Waals surface area contributed by atoms with Gasteiger partial charge in [-0.2, -0.15) is 0 Å². The monoisotopic (exact) mass is 254 g/mol. The molecule has 96 valence electrons. The normalized spacial score (nSPS) is 9.37. The Morgan fingerprint density at radius 1 is 0.947 bits per heavy atom. The van der Waals surface area contributed by atoms with Crippen LogP contribution in [0.3, 0.4) is 0 Å². The average molecular weight is 254 g/mol. The quantitative estimate of drug-likeness (QED) is 0.837. The van der Waals surface area contributed by atoms with Crippen molar-refractivity contribution in [1.29, 1.82) is 0 Å². The van der Waals surface area contributed by atoms with E-state index in [0.717, 1.165) is 5.56 Å². The van der Waals surface area contributed by atoms with E-state index < -0.39 is 0 Å². The summed E-state index contributed by atoms with van der Waals surface area (Å²) < 4.78 is 10.2. The molecule has 3 heteroatoms. The zero-order valence-corrected chi connectivity index (χ0v) is 10.8. The van der Waals surface area contributed by atoms with Crippen molar-refractivity contribution < 1.29 is 14.6 Å². The zero-order valence-electron chi connectivity index (χ0n) is 10.8. The molecule has 0 aliphatic heterocycles. The van der Waals surface area contributed by atoms with Crippen LogP contribution in [0.1, 0.15) is 11.1 Å². The summed E-state index contributed by atoms with van der Waals surface area (Å²) in [6.45, 7) is 0. The maximum atomic E-state index is 10.0. The molecule has 0 fully saturated rings. The highest BCUT2D eigenvalue weighted by atomic mass is 16.5. The van der Waals surface area contributed by atoms with Crippen molar-refractivity contribution in [3.63, 3.8) is 0 Å². The van der Waals surface area contributed by atoms with Crippen LogP contribution in [0.5, 0.6) is 17.2 Å². The summed E-state index contributed by atoms with van der Waals surface area (Å²) in [6.07, 6.45) is 0. The lowest BCUT2D eigenvalue weighted by molar-refractivity contribution is 0.363. The molecular formula is C16H14O3. The molecule has 0 unspecified atom stereocenters. The number of phenolic OH excluding ortho intramolecular Hbond substituents is 1. The number of aromatic hydroxyl groups is 1. The molecule has 2 aromatic rings. The molecule has 2 aromatic carbocycles. The van der Waals surface area contributed by atoms with E-state index in [-0.39, 0.29) is 5.75 Å². The molecule has 0 atom stereocenters. The van der Waals surface area contributed by atoms with Gasteiger partial charge in [0.2, 0.25) is 0 Å². The highest BCUT2D eigenvalue weighted by Crippen LogP contribution is 2.33. The molecule has 0 saturated carbocycles. The molecule has 0 aliphatic rings. The number of methoxy groups -OCH3 is 2. The Kier molecular flexibility index (Phi) is 3.94. The molecule has 0 heterocycles. The minimum Gasteiger partial charge on any atom is -0.503 e. The molecule has 3 nitrogen and oxygen atoms in total. The summed E-state index contributed by atoms with van der Waals surface area (Å²) >= 11 is 0. The Hall–Kier alpha value is -2.60. The Balaban J connectivity index is 2.43. The van der Waals surface area contributed by atoms with Crippen molar-refractivity contribution in [3.05, 3.63) is 53.6 Å². The third-order valence-corrected chi connectivity index (χ3v) is 2.62. The fourth-order valence-corrected chi connectivity index (χ4v) is 1.61. The van der Waals surface area contributed by atoms with Gasteiger partial charge < -0.3 is 14.6 Å². The molecule has 0 aliphatic carbocycles. The zero-order chi connectivity index (χ0) is 13.7. The van der Waals surface area contributed by atoms with Gasteiger partial charge in [-0.15, -0.1) is 0 Å². The minimum atomic E-state index is 0.0201. The fraction of sp³-hybridized carbons (Fsp3) is 0.125. The Morgan fingerprint density at radius 2 is 1.68 bits per heavy atom. The lowest BCUT2D eigenvalue weighted by atomic mass is 10.1. The molecular weight excluding hydrogens is 240 g/mol. The molecule has 0 radical (unpaired) electrons. The summed E-state index contributed by atoms with van der Waals surface area (Å²) in [7, 11) is 3.04.